The third-order valence-electron chi connectivity index (χ3n) is 5.82. The number of carbonyl (C=O) groups excluding carboxylic acids is 1. The molecule has 0 bridgehead atoms. The predicted octanol–water partition coefficient (Wildman–Crippen LogP) is 3.76. The van der Waals surface area contributed by atoms with Crippen LogP contribution in [0.2, 0.25) is 0 Å². The Morgan fingerprint density at radius 1 is 0.963 bits per heavy atom. The summed E-state index contributed by atoms with van der Waals surface area (Å²) in [5, 5.41) is 0. The van der Waals surface area contributed by atoms with Crippen LogP contribution in [0.15, 0.2) is 42.6 Å². The van der Waals surface area contributed by atoms with E-state index >= 15 is 0 Å². The molecule has 0 N–H and O–H groups in total. The van der Waals surface area contributed by atoms with E-state index in [0.717, 1.165) is 49.8 Å². The van der Waals surface area contributed by atoms with Crippen molar-refractivity contribution in [1.29, 1.82) is 0 Å². The van der Waals surface area contributed by atoms with Crippen molar-refractivity contribution in [1.82, 2.24) is 14.9 Å². The fourth-order valence-electron chi connectivity index (χ4n) is 4.20. The Kier molecular flexibility index (Phi) is 5.66. The number of amides is 1. The number of benzene rings is 1. The highest BCUT2D eigenvalue weighted by Gasteiger charge is 2.25. The van der Waals surface area contributed by atoms with Crippen molar-refractivity contribution in [3.63, 3.8) is 0 Å². The van der Waals surface area contributed by atoms with Gasteiger partial charge in [0.25, 0.3) is 0 Å². The van der Waals surface area contributed by atoms with Crippen molar-refractivity contribution in [3.8, 4) is 11.4 Å². The monoisotopic (exact) mass is 364 g/mol. The van der Waals surface area contributed by atoms with Gasteiger partial charge >= 0.3 is 0 Å². The van der Waals surface area contributed by atoms with Crippen LogP contribution in [0.4, 0.5) is 5.82 Å². The van der Waals surface area contributed by atoms with Crippen LogP contribution in [-0.2, 0) is 4.79 Å². The van der Waals surface area contributed by atoms with Gasteiger partial charge in [0.05, 0.1) is 0 Å². The molecule has 1 saturated carbocycles. The molecule has 2 aromatic rings. The number of piperazine rings is 1. The molecule has 0 radical (unpaired) electrons. The lowest BCUT2D eigenvalue weighted by molar-refractivity contribution is -0.132. The Morgan fingerprint density at radius 3 is 2.44 bits per heavy atom. The zero-order chi connectivity index (χ0) is 18.5. The fraction of sp³-hybridized carbons (Fsp3) is 0.500. The van der Waals surface area contributed by atoms with Crippen LogP contribution >= 0.6 is 0 Å². The summed E-state index contributed by atoms with van der Waals surface area (Å²) >= 11 is 0. The van der Waals surface area contributed by atoms with Gasteiger partial charge in [0.15, 0.2) is 5.82 Å². The Labute approximate surface area is 161 Å². The van der Waals surface area contributed by atoms with E-state index in [-0.39, 0.29) is 0 Å². The molecular formula is C22H28N4O. The molecule has 5 nitrogen and oxygen atoms in total. The molecular weight excluding hydrogens is 336 g/mol. The summed E-state index contributed by atoms with van der Waals surface area (Å²) in [5.41, 5.74) is 1.03. The lowest BCUT2D eigenvalue weighted by Gasteiger charge is -2.36. The number of aromatic nitrogens is 2. The van der Waals surface area contributed by atoms with E-state index < -0.39 is 0 Å². The minimum Gasteiger partial charge on any atom is -0.353 e. The van der Waals surface area contributed by atoms with Gasteiger partial charge in [-0.1, -0.05) is 49.6 Å². The second-order valence-corrected chi connectivity index (χ2v) is 7.68. The van der Waals surface area contributed by atoms with Gasteiger partial charge in [-0.3, -0.25) is 4.79 Å². The van der Waals surface area contributed by atoms with E-state index in [0.29, 0.717) is 11.8 Å². The number of hydrogen-bond acceptors (Lipinski definition) is 4. The molecule has 5 heteroatoms. The van der Waals surface area contributed by atoms with Crippen molar-refractivity contribution in [3.05, 3.63) is 42.6 Å². The molecule has 0 unspecified atom stereocenters. The summed E-state index contributed by atoms with van der Waals surface area (Å²) in [6, 6.07) is 12.0. The summed E-state index contributed by atoms with van der Waals surface area (Å²) in [6.07, 6.45) is 8.96. The number of hydrogen-bond donors (Lipinski definition) is 0. The number of nitrogens with zero attached hydrogens (tertiary/aromatic N) is 4. The second-order valence-electron chi connectivity index (χ2n) is 7.68. The minimum atomic E-state index is 0.342. The van der Waals surface area contributed by atoms with Crippen LogP contribution in [-0.4, -0.2) is 47.0 Å². The quantitative estimate of drug-likeness (QED) is 0.829. The summed E-state index contributed by atoms with van der Waals surface area (Å²) in [5.74, 6) is 2.65. The van der Waals surface area contributed by atoms with Gasteiger partial charge in [-0.2, -0.15) is 0 Å². The van der Waals surface area contributed by atoms with Gasteiger partial charge < -0.3 is 9.80 Å². The summed E-state index contributed by atoms with van der Waals surface area (Å²) in [7, 11) is 0. The third-order valence-corrected chi connectivity index (χ3v) is 5.82. The van der Waals surface area contributed by atoms with Crippen LogP contribution in [0.5, 0.6) is 0 Å². The Bertz CT molecular complexity index is 750. The topological polar surface area (TPSA) is 49.3 Å². The number of anilines is 1. The van der Waals surface area contributed by atoms with Crippen molar-refractivity contribution >= 4 is 11.7 Å². The largest absolute Gasteiger partial charge is 0.353 e. The first-order chi connectivity index (χ1) is 13.3. The van der Waals surface area contributed by atoms with Crippen LogP contribution in [0.1, 0.15) is 38.5 Å². The zero-order valence-corrected chi connectivity index (χ0v) is 15.9. The minimum absolute atomic E-state index is 0.342. The van der Waals surface area contributed by atoms with Crippen LogP contribution in [0.3, 0.4) is 0 Å². The highest BCUT2D eigenvalue weighted by molar-refractivity contribution is 5.76. The van der Waals surface area contributed by atoms with E-state index in [4.69, 9.17) is 4.98 Å². The molecule has 2 aliphatic rings. The zero-order valence-electron chi connectivity index (χ0n) is 15.9. The van der Waals surface area contributed by atoms with Crippen molar-refractivity contribution in [2.45, 2.75) is 38.5 Å². The highest BCUT2D eigenvalue weighted by Crippen LogP contribution is 2.27. The first-order valence-electron chi connectivity index (χ1n) is 10.2. The first-order valence-corrected chi connectivity index (χ1v) is 10.2. The van der Waals surface area contributed by atoms with Crippen LogP contribution in [0.25, 0.3) is 11.4 Å². The van der Waals surface area contributed by atoms with E-state index in [1.54, 1.807) is 0 Å². The standard InChI is InChI=1S/C22H28N4O/c27-21(17-18-7-3-1-4-8-18)26-15-13-25(14-16-26)20-11-12-23-22(24-20)19-9-5-2-6-10-19/h2,5-6,9-12,18H,1,3-4,7-8,13-17H2. The van der Waals surface area contributed by atoms with E-state index in [1.165, 1.54) is 32.1 Å². The summed E-state index contributed by atoms with van der Waals surface area (Å²) in [4.78, 5) is 26.1. The van der Waals surface area contributed by atoms with Crippen molar-refractivity contribution in [2.24, 2.45) is 5.92 Å². The highest BCUT2D eigenvalue weighted by atomic mass is 16.2. The molecule has 142 valence electrons. The molecule has 2 fully saturated rings. The Balaban J connectivity index is 1.34. The van der Waals surface area contributed by atoms with Gasteiger partial charge in [0.1, 0.15) is 5.82 Å². The maximum absolute atomic E-state index is 12.6. The lowest BCUT2D eigenvalue weighted by atomic mass is 9.86. The molecule has 27 heavy (non-hydrogen) atoms. The average Bonchev–Trinajstić information content (AvgIpc) is 2.75. The molecule has 1 aliphatic heterocycles. The average molecular weight is 364 g/mol. The van der Waals surface area contributed by atoms with E-state index in [2.05, 4.69) is 9.88 Å². The Hall–Kier alpha value is -2.43. The van der Waals surface area contributed by atoms with Crippen LogP contribution in [0, 0.1) is 5.92 Å². The maximum Gasteiger partial charge on any atom is 0.222 e. The lowest BCUT2D eigenvalue weighted by Crippen LogP contribution is -2.49. The van der Waals surface area contributed by atoms with E-state index in [1.807, 2.05) is 47.5 Å². The number of carbonyl (C=O) groups is 1. The number of rotatable bonds is 4. The molecule has 1 aromatic heterocycles. The molecule has 1 saturated heterocycles. The second kappa shape index (κ2) is 8.51. The summed E-state index contributed by atoms with van der Waals surface area (Å²) < 4.78 is 0. The summed E-state index contributed by atoms with van der Waals surface area (Å²) in [6.45, 7) is 3.25. The molecule has 2 heterocycles. The molecule has 1 aliphatic carbocycles. The van der Waals surface area contributed by atoms with Gasteiger partial charge in [-0.15, -0.1) is 0 Å². The predicted molar refractivity (Wildman–Crippen MR) is 107 cm³/mol. The van der Waals surface area contributed by atoms with Gasteiger partial charge in [-0.25, -0.2) is 9.97 Å². The fourth-order valence-corrected chi connectivity index (χ4v) is 4.20. The molecule has 1 amide bonds. The van der Waals surface area contributed by atoms with E-state index in [9.17, 15) is 4.79 Å². The molecule has 0 spiro atoms. The first kappa shape index (κ1) is 18.0. The van der Waals surface area contributed by atoms with Gasteiger partial charge in [0.2, 0.25) is 5.91 Å². The van der Waals surface area contributed by atoms with Gasteiger partial charge in [0, 0.05) is 44.4 Å². The molecule has 0 atom stereocenters. The van der Waals surface area contributed by atoms with Crippen molar-refractivity contribution < 1.29 is 4.79 Å². The normalized spacial score (nSPS) is 18.5. The van der Waals surface area contributed by atoms with Crippen LogP contribution < -0.4 is 4.90 Å². The SMILES string of the molecule is O=C(CC1CCCCC1)N1CCN(c2ccnc(-c3ccccc3)n2)CC1. The van der Waals surface area contributed by atoms with Crippen molar-refractivity contribution in [2.75, 3.05) is 31.1 Å². The van der Waals surface area contributed by atoms with Gasteiger partial charge in [-0.05, 0) is 24.8 Å². The maximum atomic E-state index is 12.6. The smallest absolute Gasteiger partial charge is 0.222 e. The Morgan fingerprint density at radius 2 is 1.70 bits per heavy atom. The third kappa shape index (κ3) is 4.46. The molecule has 1 aromatic carbocycles. The molecule has 4 rings (SSSR count).